The first-order chi connectivity index (χ1) is 26.1. The van der Waals surface area contributed by atoms with Crippen molar-refractivity contribution in [3.63, 3.8) is 0 Å². The number of hydrogen-bond donors (Lipinski definition) is 3. The van der Waals surface area contributed by atoms with Crippen molar-refractivity contribution in [2.24, 2.45) is 5.73 Å². The number of hydroxylamine groups is 1. The Morgan fingerprint density at radius 1 is 0.815 bits per heavy atom. The van der Waals surface area contributed by atoms with Crippen LogP contribution in [0.2, 0.25) is 0 Å². The van der Waals surface area contributed by atoms with Gasteiger partial charge in [-0.05, 0) is 86.3 Å². The van der Waals surface area contributed by atoms with Crippen molar-refractivity contribution in [3.8, 4) is 11.5 Å². The van der Waals surface area contributed by atoms with Gasteiger partial charge in [0.1, 0.15) is 17.3 Å². The van der Waals surface area contributed by atoms with Crippen LogP contribution in [0.15, 0.2) is 108 Å². The molecule has 1 aliphatic heterocycles. The average molecular weight is 757 g/mol. The monoisotopic (exact) mass is 756 g/mol. The number of unbranched alkanes of at least 4 members (excludes halogenated alkanes) is 2. The SMILES string of the molecule is N[C@@H](CCCCCC(=O)CCN(Cc1ccccn1)Cc1ccccn1)C(=O)N1CCC(C(=O)NO)(S(=O)(=O)c2ccc(Oc3ccccc3)cc2)CC1. The zero-order valence-electron chi connectivity index (χ0n) is 30.3. The van der Waals surface area contributed by atoms with Gasteiger partial charge in [0, 0.05) is 58.0 Å². The van der Waals surface area contributed by atoms with Gasteiger partial charge in [0.05, 0.1) is 22.3 Å². The molecule has 4 aromatic rings. The van der Waals surface area contributed by atoms with E-state index in [1.807, 2.05) is 54.6 Å². The number of amides is 2. The molecule has 0 radical (unpaired) electrons. The molecule has 2 aromatic heterocycles. The average Bonchev–Trinajstić information content (AvgIpc) is 3.20. The number of sulfone groups is 1. The fourth-order valence-corrected chi connectivity index (χ4v) is 8.58. The Balaban J connectivity index is 1.06. The fourth-order valence-electron chi connectivity index (χ4n) is 6.63. The lowest BCUT2D eigenvalue weighted by Crippen LogP contribution is -2.59. The Labute approximate surface area is 316 Å². The van der Waals surface area contributed by atoms with Gasteiger partial charge < -0.3 is 15.4 Å². The van der Waals surface area contributed by atoms with Crippen LogP contribution in [0.5, 0.6) is 11.5 Å². The number of benzene rings is 2. The van der Waals surface area contributed by atoms with E-state index in [9.17, 15) is 28.0 Å². The minimum Gasteiger partial charge on any atom is -0.457 e. The summed E-state index contributed by atoms with van der Waals surface area (Å²) in [6.45, 7) is 1.75. The van der Waals surface area contributed by atoms with Crippen molar-refractivity contribution >= 4 is 27.4 Å². The zero-order valence-corrected chi connectivity index (χ0v) is 31.1. The van der Waals surface area contributed by atoms with Gasteiger partial charge in [-0.25, -0.2) is 13.9 Å². The van der Waals surface area contributed by atoms with Crippen molar-refractivity contribution in [1.82, 2.24) is 25.2 Å². The van der Waals surface area contributed by atoms with Crippen LogP contribution in [0.1, 0.15) is 62.8 Å². The molecule has 2 aromatic carbocycles. The molecule has 0 bridgehead atoms. The summed E-state index contributed by atoms with van der Waals surface area (Å²) in [4.78, 5) is 51.4. The Morgan fingerprint density at radius 3 is 1.98 bits per heavy atom. The number of nitrogens with zero attached hydrogens (tertiary/aromatic N) is 4. The lowest BCUT2D eigenvalue weighted by molar-refractivity contribution is -0.138. The minimum atomic E-state index is -4.29. The summed E-state index contributed by atoms with van der Waals surface area (Å²) in [5.41, 5.74) is 9.66. The Bertz CT molecular complexity index is 1870. The molecule has 1 fully saturated rings. The first-order valence-electron chi connectivity index (χ1n) is 18.2. The van der Waals surface area contributed by atoms with E-state index in [0.717, 1.165) is 17.8 Å². The number of nitrogens with two attached hydrogens (primary N) is 1. The molecule has 1 aliphatic rings. The summed E-state index contributed by atoms with van der Waals surface area (Å²) in [7, 11) is -4.29. The minimum absolute atomic E-state index is 0.0272. The number of ketones is 1. The lowest BCUT2D eigenvalue weighted by atomic mass is 9.94. The molecule has 0 aliphatic carbocycles. The molecule has 13 nitrogen and oxygen atoms in total. The van der Waals surface area contributed by atoms with E-state index in [-0.39, 0.29) is 42.5 Å². The van der Waals surface area contributed by atoms with E-state index < -0.39 is 26.5 Å². The topological polar surface area (TPSA) is 185 Å². The van der Waals surface area contributed by atoms with Gasteiger partial charge in [0.15, 0.2) is 14.6 Å². The van der Waals surface area contributed by atoms with Crippen LogP contribution in [0, 0.1) is 0 Å². The van der Waals surface area contributed by atoms with E-state index in [1.54, 1.807) is 30.0 Å². The summed E-state index contributed by atoms with van der Waals surface area (Å²) in [6.07, 6.45) is 6.39. The Hall–Kier alpha value is -5.02. The smallest absolute Gasteiger partial charge is 0.265 e. The quantitative estimate of drug-likeness (QED) is 0.0675. The number of rotatable bonds is 19. The highest BCUT2D eigenvalue weighted by atomic mass is 32.2. The Morgan fingerprint density at radius 2 is 1.41 bits per heavy atom. The van der Waals surface area contributed by atoms with E-state index in [1.165, 1.54) is 29.2 Å². The van der Waals surface area contributed by atoms with Crippen molar-refractivity contribution in [2.75, 3.05) is 19.6 Å². The normalized spacial score (nSPS) is 14.7. The molecule has 1 saturated heterocycles. The molecule has 5 rings (SSSR count). The summed E-state index contributed by atoms with van der Waals surface area (Å²) in [6, 6.07) is 25.5. The van der Waals surface area contributed by atoms with Crippen molar-refractivity contribution in [3.05, 3.63) is 115 Å². The van der Waals surface area contributed by atoms with Gasteiger partial charge in [0.2, 0.25) is 5.91 Å². The first-order valence-corrected chi connectivity index (χ1v) is 19.7. The molecular weight excluding hydrogens is 709 g/mol. The van der Waals surface area contributed by atoms with E-state index >= 15 is 0 Å². The van der Waals surface area contributed by atoms with E-state index in [0.29, 0.717) is 63.2 Å². The number of pyridine rings is 2. The molecule has 14 heteroatoms. The number of aromatic nitrogens is 2. The molecule has 1 atom stereocenters. The Kier molecular flexibility index (Phi) is 14.4. The maximum absolute atomic E-state index is 13.9. The summed E-state index contributed by atoms with van der Waals surface area (Å²) < 4.78 is 31.6. The number of Topliss-reactive ketones (excluding diaryl/α,β-unsaturated/α-hetero) is 1. The number of likely N-dealkylation sites (tertiary alicyclic amines) is 1. The fraction of sp³-hybridized carbons (Fsp3) is 0.375. The van der Waals surface area contributed by atoms with Gasteiger partial charge in [-0.3, -0.25) is 34.5 Å². The largest absolute Gasteiger partial charge is 0.457 e. The van der Waals surface area contributed by atoms with Gasteiger partial charge in [-0.1, -0.05) is 43.2 Å². The third kappa shape index (κ3) is 10.6. The van der Waals surface area contributed by atoms with Crippen LogP contribution < -0.4 is 16.0 Å². The molecule has 286 valence electrons. The molecule has 0 saturated carbocycles. The number of hydrogen-bond acceptors (Lipinski definition) is 11. The van der Waals surface area contributed by atoms with Crippen LogP contribution in [0.4, 0.5) is 0 Å². The lowest BCUT2D eigenvalue weighted by Gasteiger charge is -2.40. The second-order valence-corrected chi connectivity index (χ2v) is 15.8. The van der Waals surface area contributed by atoms with Gasteiger partial charge in [-0.15, -0.1) is 0 Å². The highest BCUT2D eigenvalue weighted by Gasteiger charge is 2.53. The summed E-state index contributed by atoms with van der Waals surface area (Å²) in [5, 5.41) is 9.56. The maximum atomic E-state index is 13.9. The predicted molar refractivity (Wildman–Crippen MR) is 202 cm³/mol. The van der Waals surface area contributed by atoms with Gasteiger partial charge >= 0.3 is 0 Å². The molecule has 0 spiro atoms. The molecule has 3 heterocycles. The predicted octanol–water partition coefficient (Wildman–Crippen LogP) is 4.85. The number of para-hydroxylation sites is 1. The van der Waals surface area contributed by atoms with E-state index in [2.05, 4.69) is 14.9 Å². The summed E-state index contributed by atoms with van der Waals surface area (Å²) in [5.74, 6) is -0.217. The van der Waals surface area contributed by atoms with Crippen molar-refractivity contribution in [2.45, 2.75) is 80.1 Å². The zero-order chi connectivity index (χ0) is 38.4. The third-order valence-corrected chi connectivity index (χ3v) is 12.3. The molecule has 0 unspecified atom stereocenters. The highest BCUT2D eigenvalue weighted by Crippen LogP contribution is 2.37. The second kappa shape index (κ2) is 19.3. The highest BCUT2D eigenvalue weighted by molar-refractivity contribution is 7.93. The molecule has 54 heavy (non-hydrogen) atoms. The van der Waals surface area contributed by atoms with Crippen molar-refractivity contribution < 1.29 is 32.7 Å². The van der Waals surface area contributed by atoms with E-state index in [4.69, 9.17) is 10.5 Å². The number of ether oxygens (including phenoxy) is 1. The first kappa shape index (κ1) is 40.2. The summed E-state index contributed by atoms with van der Waals surface area (Å²) >= 11 is 0. The number of carbonyl (C=O) groups is 3. The standard InChI is InChI=1S/C40H48N6O7S/c41-37(16-6-1-3-13-33(47)21-26-45(29-31-11-7-9-24-42-31)30-32-12-8-10-25-43-32)38(48)46-27-22-40(23-28-46,39(49)44-50)54(51,52)36-19-17-35(18-20-36)53-34-14-4-2-5-15-34/h2,4-5,7-12,14-15,17-20,24-25,37,50H,1,3,6,13,16,21-23,26-30,41H2,(H,44,49)/t37-/m0/s1. The number of piperidine rings is 1. The number of nitrogens with one attached hydrogen (secondary N) is 1. The van der Waals surface area contributed by atoms with Crippen LogP contribution in [-0.4, -0.2) is 81.4 Å². The van der Waals surface area contributed by atoms with Gasteiger partial charge in [0.25, 0.3) is 5.91 Å². The van der Waals surface area contributed by atoms with Crippen molar-refractivity contribution in [1.29, 1.82) is 0 Å². The third-order valence-electron chi connectivity index (χ3n) is 9.74. The van der Waals surface area contributed by atoms with Crippen LogP contribution >= 0.6 is 0 Å². The van der Waals surface area contributed by atoms with Gasteiger partial charge in [-0.2, -0.15) is 0 Å². The van der Waals surface area contributed by atoms with Crippen LogP contribution in [0.25, 0.3) is 0 Å². The molecular formula is C40H48N6O7S. The molecule has 4 N–H and O–H groups in total. The van der Waals surface area contributed by atoms with Crippen LogP contribution in [0.3, 0.4) is 0 Å². The number of carbonyl (C=O) groups excluding carboxylic acids is 3. The molecule has 2 amide bonds. The second-order valence-electron chi connectivity index (χ2n) is 13.5. The van der Waals surface area contributed by atoms with Crippen LogP contribution in [-0.2, 0) is 37.3 Å². The maximum Gasteiger partial charge on any atom is 0.265 e.